The second-order valence-corrected chi connectivity index (χ2v) is 8.00. The number of sulfonamides is 1. The van der Waals surface area contributed by atoms with Gasteiger partial charge in [-0.25, -0.2) is 22.0 Å². The Morgan fingerprint density at radius 2 is 1.83 bits per heavy atom. The number of hydrogen-bond donors (Lipinski definition) is 1. The number of benzene rings is 1. The minimum Gasteiger partial charge on any atom is -0.338 e. The number of rotatable bonds is 4. The van der Waals surface area contributed by atoms with Crippen LogP contribution in [0.4, 0.5) is 13.6 Å². The number of carbonyl (C=O) groups is 1. The summed E-state index contributed by atoms with van der Waals surface area (Å²) in [5.41, 5.74) is 0. The first-order chi connectivity index (χ1) is 11.4. The summed E-state index contributed by atoms with van der Waals surface area (Å²) in [6.45, 7) is 1.18. The van der Waals surface area contributed by atoms with Gasteiger partial charge in [0.2, 0.25) is 10.0 Å². The Morgan fingerprint density at radius 3 is 2.46 bits per heavy atom. The molecule has 24 heavy (non-hydrogen) atoms. The average molecular weight is 359 g/mol. The van der Waals surface area contributed by atoms with Crippen LogP contribution in [0.1, 0.15) is 12.8 Å². The Bertz CT molecular complexity index is 729. The molecule has 0 radical (unpaired) electrons. The van der Waals surface area contributed by atoms with Crippen LogP contribution < -0.4 is 5.32 Å². The quantitative estimate of drug-likeness (QED) is 0.883. The van der Waals surface area contributed by atoms with Gasteiger partial charge in [-0.05, 0) is 37.0 Å². The molecule has 2 aliphatic rings. The number of urea groups is 1. The molecule has 2 amide bonds. The first-order valence-corrected chi connectivity index (χ1v) is 9.30. The topological polar surface area (TPSA) is 69.7 Å². The van der Waals surface area contributed by atoms with E-state index in [1.807, 2.05) is 0 Å². The Labute approximate surface area is 139 Å². The standard InChI is InChI=1S/C15H19F2N3O3S/c16-12-3-4-13(17)14(9-12)24(22,23)20-7-5-19(6-8-20)15(21)18-10-11-1-2-11/h3-4,9,11H,1-2,5-8,10H2,(H,18,21). The minimum atomic E-state index is -4.12. The Balaban J connectivity index is 1.62. The van der Waals surface area contributed by atoms with Gasteiger partial charge in [0, 0.05) is 32.7 Å². The molecule has 1 aliphatic carbocycles. The fourth-order valence-corrected chi connectivity index (χ4v) is 4.11. The summed E-state index contributed by atoms with van der Waals surface area (Å²) in [7, 11) is -4.12. The van der Waals surface area contributed by atoms with Crippen molar-refractivity contribution >= 4 is 16.1 Å². The lowest BCUT2D eigenvalue weighted by Crippen LogP contribution is -2.53. The van der Waals surface area contributed by atoms with E-state index < -0.39 is 26.6 Å². The van der Waals surface area contributed by atoms with Crippen molar-refractivity contribution in [2.75, 3.05) is 32.7 Å². The Morgan fingerprint density at radius 1 is 1.17 bits per heavy atom. The van der Waals surface area contributed by atoms with E-state index in [-0.39, 0.29) is 32.2 Å². The number of amides is 2. The van der Waals surface area contributed by atoms with Gasteiger partial charge in [0.05, 0.1) is 0 Å². The molecule has 0 aromatic heterocycles. The van der Waals surface area contributed by atoms with Crippen molar-refractivity contribution in [2.45, 2.75) is 17.7 Å². The highest BCUT2D eigenvalue weighted by Crippen LogP contribution is 2.27. The van der Waals surface area contributed by atoms with E-state index >= 15 is 0 Å². The molecule has 0 atom stereocenters. The zero-order valence-corrected chi connectivity index (χ0v) is 13.9. The fraction of sp³-hybridized carbons (Fsp3) is 0.533. The molecule has 6 nitrogen and oxygen atoms in total. The molecule has 0 spiro atoms. The number of carbonyl (C=O) groups excluding carboxylic acids is 1. The van der Waals surface area contributed by atoms with Crippen molar-refractivity contribution in [3.63, 3.8) is 0 Å². The maximum Gasteiger partial charge on any atom is 0.317 e. The second-order valence-electron chi connectivity index (χ2n) is 6.10. The van der Waals surface area contributed by atoms with E-state index in [0.29, 0.717) is 18.5 Å². The smallest absolute Gasteiger partial charge is 0.317 e. The Hall–Kier alpha value is -1.74. The lowest BCUT2D eigenvalue weighted by molar-refractivity contribution is 0.172. The molecular formula is C15H19F2N3O3S. The van der Waals surface area contributed by atoms with Gasteiger partial charge >= 0.3 is 6.03 Å². The molecule has 1 aromatic rings. The van der Waals surface area contributed by atoms with Crippen LogP contribution in [0.3, 0.4) is 0 Å². The molecule has 1 aliphatic heterocycles. The molecule has 1 heterocycles. The molecule has 3 rings (SSSR count). The predicted octanol–water partition coefficient (Wildman–Crippen LogP) is 1.39. The predicted molar refractivity (Wildman–Crippen MR) is 82.8 cm³/mol. The van der Waals surface area contributed by atoms with Crippen LogP contribution in [0, 0.1) is 17.6 Å². The molecule has 1 saturated heterocycles. The third-order valence-corrected chi connectivity index (χ3v) is 6.19. The fourth-order valence-electron chi connectivity index (χ4n) is 2.61. The number of nitrogens with zero attached hydrogens (tertiary/aromatic N) is 2. The molecule has 1 N–H and O–H groups in total. The highest BCUT2D eigenvalue weighted by Gasteiger charge is 2.32. The van der Waals surface area contributed by atoms with Crippen LogP contribution in [0.5, 0.6) is 0 Å². The van der Waals surface area contributed by atoms with Crippen molar-refractivity contribution in [3.8, 4) is 0 Å². The number of piperazine rings is 1. The molecule has 1 saturated carbocycles. The van der Waals surface area contributed by atoms with Crippen molar-refractivity contribution in [1.29, 1.82) is 0 Å². The first-order valence-electron chi connectivity index (χ1n) is 7.86. The molecule has 0 unspecified atom stereocenters. The highest BCUT2D eigenvalue weighted by molar-refractivity contribution is 7.89. The first kappa shape index (κ1) is 17.1. The summed E-state index contributed by atoms with van der Waals surface area (Å²) in [4.78, 5) is 12.9. The summed E-state index contributed by atoms with van der Waals surface area (Å²) < 4.78 is 53.0. The van der Waals surface area contributed by atoms with Gasteiger partial charge in [0.1, 0.15) is 16.5 Å². The molecule has 132 valence electrons. The van der Waals surface area contributed by atoms with Gasteiger partial charge in [-0.2, -0.15) is 4.31 Å². The van der Waals surface area contributed by atoms with Crippen LogP contribution in [-0.2, 0) is 10.0 Å². The third kappa shape index (κ3) is 3.67. The SMILES string of the molecule is O=C(NCC1CC1)N1CCN(S(=O)(=O)c2cc(F)ccc2F)CC1. The summed E-state index contributed by atoms with van der Waals surface area (Å²) >= 11 is 0. The monoisotopic (exact) mass is 359 g/mol. The van der Waals surface area contributed by atoms with Gasteiger partial charge < -0.3 is 10.2 Å². The van der Waals surface area contributed by atoms with Gasteiger partial charge in [0.15, 0.2) is 0 Å². The van der Waals surface area contributed by atoms with Crippen LogP contribution >= 0.6 is 0 Å². The Kier molecular flexibility index (Phi) is 4.73. The number of hydrogen-bond acceptors (Lipinski definition) is 3. The van der Waals surface area contributed by atoms with Gasteiger partial charge in [0.25, 0.3) is 0 Å². The average Bonchev–Trinajstić information content (AvgIpc) is 3.39. The zero-order valence-electron chi connectivity index (χ0n) is 13.0. The number of nitrogens with one attached hydrogen (secondary N) is 1. The van der Waals surface area contributed by atoms with E-state index in [1.165, 1.54) is 4.90 Å². The van der Waals surface area contributed by atoms with Crippen molar-refractivity contribution in [2.24, 2.45) is 5.92 Å². The van der Waals surface area contributed by atoms with Gasteiger partial charge in [-0.15, -0.1) is 0 Å². The van der Waals surface area contributed by atoms with Crippen LogP contribution in [-0.4, -0.2) is 56.4 Å². The van der Waals surface area contributed by atoms with Crippen LogP contribution in [0.15, 0.2) is 23.1 Å². The second kappa shape index (κ2) is 6.64. The largest absolute Gasteiger partial charge is 0.338 e. The van der Waals surface area contributed by atoms with Gasteiger partial charge in [-0.3, -0.25) is 0 Å². The maximum atomic E-state index is 13.8. The van der Waals surface area contributed by atoms with Gasteiger partial charge in [-0.1, -0.05) is 0 Å². The summed E-state index contributed by atoms with van der Waals surface area (Å²) in [6.07, 6.45) is 2.26. The van der Waals surface area contributed by atoms with Crippen LogP contribution in [0.2, 0.25) is 0 Å². The van der Waals surface area contributed by atoms with E-state index in [2.05, 4.69) is 5.32 Å². The summed E-state index contributed by atoms with van der Waals surface area (Å²) in [6, 6.07) is 2.13. The molecular weight excluding hydrogens is 340 g/mol. The lowest BCUT2D eigenvalue weighted by Gasteiger charge is -2.34. The lowest BCUT2D eigenvalue weighted by atomic mass is 10.3. The minimum absolute atomic E-state index is 0.0507. The van der Waals surface area contributed by atoms with E-state index in [4.69, 9.17) is 0 Å². The molecule has 9 heteroatoms. The van der Waals surface area contributed by atoms with E-state index in [9.17, 15) is 22.0 Å². The maximum absolute atomic E-state index is 13.8. The molecule has 0 bridgehead atoms. The summed E-state index contributed by atoms with van der Waals surface area (Å²) in [5, 5.41) is 2.83. The highest BCUT2D eigenvalue weighted by atomic mass is 32.2. The zero-order chi connectivity index (χ0) is 17.3. The molecule has 1 aromatic carbocycles. The van der Waals surface area contributed by atoms with E-state index in [1.54, 1.807) is 0 Å². The van der Waals surface area contributed by atoms with Crippen molar-refractivity contribution < 1.29 is 22.0 Å². The van der Waals surface area contributed by atoms with Crippen molar-refractivity contribution in [1.82, 2.24) is 14.5 Å². The van der Waals surface area contributed by atoms with Crippen LogP contribution in [0.25, 0.3) is 0 Å². The normalized spacial score (nSPS) is 19.3. The van der Waals surface area contributed by atoms with Crippen molar-refractivity contribution in [3.05, 3.63) is 29.8 Å². The summed E-state index contributed by atoms with van der Waals surface area (Å²) in [5.74, 6) is -1.24. The third-order valence-electron chi connectivity index (χ3n) is 4.28. The number of halogens is 2. The molecule has 2 fully saturated rings. The van der Waals surface area contributed by atoms with E-state index in [0.717, 1.165) is 29.3 Å².